The first-order valence-corrected chi connectivity index (χ1v) is 7.18. The number of aromatic nitrogens is 2. The number of nitrogens with zero attached hydrogens (tertiary/aromatic N) is 2. The van der Waals surface area contributed by atoms with E-state index in [1.54, 1.807) is 18.2 Å². The Labute approximate surface area is 110 Å². The minimum absolute atomic E-state index is 0.0544. The summed E-state index contributed by atoms with van der Waals surface area (Å²) in [7, 11) is -3.42. The van der Waals surface area contributed by atoms with Gasteiger partial charge in [-0.15, -0.1) is 0 Å². The first-order valence-electron chi connectivity index (χ1n) is 5.53. The largest absolute Gasteiger partial charge is 0.475 e. The molecule has 0 spiro atoms. The number of imidazole rings is 1. The van der Waals surface area contributed by atoms with E-state index >= 15 is 0 Å². The summed E-state index contributed by atoms with van der Waals surface area (Å²) in [5.41, 5.74) is 0. The van der Waals surface area contributed by atoms with Crippen molar-refractivity contribution in [2.24, 2.45) is 0 Å². The molecule has 6 nitrogen and oxygen atoms in total. The van der Waals surface area contributed by atoms with E-state index < -0.39 is 15.8 Å². The lowest BCUT2D eigenvalue weighted by atomic mass is 10.4. The highest BCUT2D eigenvalue weighted by molar-refractivity contribution is 7.91. The molecule has 1 heterocycles. The van der Waals surface area contributed by atoms with Gasteiger partial charge in [0.05, 0.1) is 10.6 Å². The highest BCUT2D eigenvalue weighted by Crippen LogP contribution is 2.11. The zero-order valence-electron chi connectivity index (χ0n) is 9.93. The zero-order valence-corrected chi connectivity index (χ0v) is 10.7. The number of rotatable bonds is 5. The van der Waals surface area contributed by atoms with E-state index in [9.17, 15) is 13.2 Å². The minimum atomic E-state index is -3.42. The van der Waals surface area contributed by atoms with Crippen molar-refractivity contribution in [2.75, 3.05) is 5.75 Å². The average Bonchev–Trinajstić information content (AvgIpc) is 2.86. The molecular weight excluding hydrogens is 268 g/mol. The molecular formula is C12H12N2O4S. The standard InChI is InChI=1S/C12H12N2O4S/c15-12(16)11-13-6-7-14(11)8-9-19(17,18)10-4-2-1-3-5-10/h1-7H,8-9H2,(H,15,16). The van der Waals surface area contributed by atoms with Crippen LogP contribution in [0.15, 0.2) is 47.6 Å². The Hall–Kier alpha value is -2.15. The van der Waals surface area contributed by atoms with Crippen LogP contribution < -0.4 is 0 Å². The van der Waals surface area contributed by atoms with Gasteiger partial charge in [-0.25, -0.2) is 18.2 Å². The molecule has 0 aliphatic rings. The molecule has 0 saturated heterocycles. The van der Waals surface area contributed by atoms with Gasteiger partial charge in [0.25, 0.3) is 0 Å². The van der Waals surface area contributed by atoms with E-state index in [0.717, 1.165) is 0 Å². The van der Waals surface area contributed by atoms with Crippen LogP contribution in [0.1, 0.15) is 10.6 Å². The Morgan fingerprint density at radius 1 is 1.26 bits per heavy atom. The summed E-state index contributed by atoms with van der Waals surface area (Å²) in [6.45, 7) is 0.0544. The van der Waals surface area contributed by atoms with Crippen LogP contribution in [0.2, 0.25) is 0 Å². The maximum Gasteiger partial charge on any atom is 0.372 e. The molecule has 0 aliphatic carbocycles. The second kappa shape index (κ2) is 5.23. The summed E-state index contributed by atoms with van der Waals surface area (Å²) in [4.78, 5) is 14.7. The van der Waals surface area contributed by atoms with Crippen LogP contribution in [-0.2, 0) is 16.4 Å². The van der Waals surface area contributed by atoms with E-state index in [1.807, 2.05) is 0 Å². The molecule has 0 radical (unpaired) electrons. The highest BCUT2D eigenvalue weighted by Gasteiger charge is 2.16. The number of benzene rings is 1. The number of hydrogen-bond donors (Lipinski definition) is 1. The van der Waals surface area contributed by atoms with Gasteiger partial charge in [-0.05, 0) is 12.1 Å². The Kier molecular flexibility index (Phi) is 3.66. The number of carboxylic acids is 1. The van der Waals surface area contributed by atoms with Crippen molar-refractivity contribution in [3.8, 4) is 0 Å². The van der Waals surface area contributed by atoms with Crippen molar-refractivity contribution in [1.82, 2.24) is 9.55 Å². The van der Waals surface area contributed by atoms with Crippen molar-refractivity contribution in [3.05, 3.63) is 48.5 Å². The Morgan fingerprint density at radius 3 is 2.58 bits per heavy atom. The normalized spacial score (nSPS) is 11.4. The highest BCUT2D eigenvalue weighted by atomic mass is 32.2. The summed E-state index contributed by atoms with van der Waals surface area (Å²) in [6.07, 6.45) is 2.78. The monoisotopic (exact) mass is 280 g/mol. The van der Waals surface area contributed by atoms with E-state index in [1.165, 1.54) is 29.1 Å². The Morgan fingerprint density at radius 2 is 1.95 bits per heavy atom. The second-order valence-corrected chi connectivity index (χ2v) is 5.99. The van der Waals surface area contributed by atoms with Crippen molar-refractivity contribution in [3.63, 3.8) is 0 Å². The third-order valence-electron chi connectivity index (χ3n) is 2.61. The zero-order chi connectivity index (χ0) is 13.9. The van der Waals surface area contributed by atoms with Crippen LogP contribution in [0.25, 0.3) is 0 Å². The van der Waals surface area contributed by atoms with Gasteiger partial charge in [-0.3, -0.25) is 0 Å². The number of aryl methyl sites for hydroxylation is 1. The fraction of sp³-hybridized carbons (Fsp3) is 0.167. The van der Waals surface area contributed by atoms with Crippen LogP contribution >= 0.6 is 0 Å². The number of carbonyl (C=O) groups is 1. The van der Waals surface area contributed by atoms with Crippen molar-refractivity contribution in [1.29, 1.82) is 0 Å². The molecule has 0 saturated carbocycles. The number of aromatic carboxylic acids is 1. The molecule has 1 aromatic carbocycles. The average molecular weight is 280 g/mol. The van der Waals surface area contributed by atoms with Crippen LogP contribution in [-0.4, -0.2) is 34.8 Å². The number of carboxylic acid groups (broad SMARTS) is 1. The van der Waals surface area contributed by atoms with Crippen LogP contribution in [0, 0.1) is 0 Å². The molecule has 0 amide bonds. The van der Waals surface area contributed by atoms with Crippen molar-refractivity contribution in [2.45, 2.75) is 11.4 Å². The Bertz CT molecular complexity index is 677. The second-order valence-electron chi connectivity index (χ2n) is 3.88. The molecule has 19 heavy (non-hydrogen) atoms. The number of sulfone groups is 1. The molecule has 2 rings (SSSR count). The maximum atomic E-state index is 12.0. The minimum Gasteiger partial charge on any atom is -0.475 e. The fourth-order valence-corrected chi connectivity index (χ4v) is 2.90. The van der Waals surface area contributed by atoms with Crippen LogP contribution in [0.5, 0.6) is 0 Å². The number of hydrogen-bond acceptors (Lipinski definition) is 4. The topological polar surface area (TPSA) is 89.3 Å². The quantitative estimate of drug-likeness (QED) is 0.884. The first-order chi connectivity index (χ1) is 9.00. The predicted octanol–water partition coefficient (Wildman–Crippen LogP) is 1.06. The molecule has 0 atom stereocenters. The third-order valence-corrected chi connectivity index (χ3v) is 4.32. The lowest BCUT2D eigenvalue weighted by Gasteiger charge is -2.06. The summed E-state index contributed by atoms with van der Waals surface area (Å²) in [5.74, 6) is -1.52. The lowest BCUT2D eigenvalue weighted by Crippen LogP contribution is -2.16. The van der Waals surface area contributed by atoms with Crippen LogP contribution in [0.4, 0.5) is 0 Å². The van der Waals surface area contributed by atoms with E-state index in [2.05, 4.69) is 4.98 Å². The van der Waals surface area contributed by atoms with Gasteiger partial charge in [0.15, 0.2) is 9.84 Å². The van der Waals surface area contributed by atoms with E-state index in [4.69, 9.17) is 5.11 Å². The van der Waals surface area contributed by atoms with Gasteiger partial charge >= 0.3 is 5.97 Å². The molecule has 1 aromatic heterocycles. The SMILES string of the molecule is O=C(O)c1nccn1CCS(=O)(=O)c1ccccc1. The molecule has 100 valence electrons. The molecule has 0 fully saturated rings. The van der Waals surface area contributed by atoms with Crippen molar-refractivity contribution < 1.29 is 18.3 Å². The van der Waals surface area contributed by atoms with Crippen LogP contribution in [0.3, 0.4) is 0 Å². The summed E-state index contributed by atoms with van der Waals surface area (Å²) >= 11 is 0. The predicted molar refractivity (Wildman–Crippen MR) is 67.7 cm³/mol. The maximum absolute atomic E-state index is 12.0. The molecule has 0 unspecified atom stereocenters. The van der Waals surface area contributed by atoms with Gasteiger partial charge in [-0.1, -0.05) is 18.2 Å². The van der Waals surface area contributed by atoms with Gasteiger partial charge in [-0.2, -0.15) is 0 Å². The summed E-state index contributed by atoms with van der Waals surface area (Å²) in [5, 5.41) is 8.87. The Balaban J connectivity index is 2.15. The summed E-state index contributed by atoms with van der Waals surface area (Å²) in [6, 6.07) is 8.06. The van der Waals surface area contributed by atoms with E-state index in [0.29, 0.717) is 0 Å². The molecule has 0 bridgehead atoms. The van der Waals surface area contributed by atoms with Gasteiger partial charge < -0.3 is 9.67 Å². The lowest BCUT2D eigenvalue weighted by molar-refractivity contribution is 0.0678. The molecule has 0 aliphatic heterocycles. The van der Waals surface area contributed by atoms with E-state index in [-0.39, 0.29) is 23.0 Å². The molecule has 2 aromatic rings. The van der Waals surface area contributed by atoms with Crippen molar-refractivity contribution >= 4 is 15.8 Å². The fourth-order valence-electron chi connectivity index (χ4n) is 1.65. The molecule has 1 N–H and O–H groups in total. The summed E-state index contributed by atoms with van der Waals surface area (Å²) < 4.78 is 25.4. The van der Waals surface area contributed by atoms with Gasteiger partial charge in [0, 0.05) is 18.9 Å². The first kappa shape index (κ1) is 13.3. The van der Waals surface area contributed by atoms with Gasteiger partial charge in [0.2, 0.25) is 5.82 Å². The smallest absolute Gasteiger partial charge is 0.372 e. The third kappa shape index (κ3) is 3.00. The molecule has 7 heteroatoms. The van der Waals surface area contributed by atoms with Gasteiger partial charge in [0.1, 0.15) is 0 Å².